The van der Waals surface area contributed by atoms with Gasteiger partial charge in [-0.1, -0.05) is 39.5 Å². The van der Waals surface area contributed by atoms with E-state index in [0.717, 1.165) is 0 Å². The Hall–Kier alpha value is -0.730. The summed E-state index contributed by atoms with van der Waals surface area (Å²) < 4.78 is 8.08. The molecule has 0 fully saturated rings. The molecule has 0 rings (SSSR count). The van der Waals surface area contributed by atoms with Crippen molar-refractivity contribution in [3.05, 3.63) is 0 Å². The molecule has 0 bridgehead atoms. The molecule has 0 saturated carbocycles. The molecule has 0 unspecified atom stereocenters. The fourth-order valence-corrected chi connectivity index (χ4v) is 0.583. The predicted molar refractivity (Wildman–Crippen MR) is 49.2 cm³/mol. The van der Waals surface area contributed by atoms with Crippen LogP contribution in [0.5, 0.6) is 0 Å². The predicted octanol–water partition coefficient (Wildman–Crippen LogP) is 2.99. The minimum Gasteiger partial charge on any atom is -0.438 e. The Morgan fingerprint density at radius 1 is 1.00 bits per heavy atom. The SMILES string of the molecule is CCCCCC.COC(=O)OC. The lowest BCUT2D eigenvalue weighted by molar-refractivity contribution is 0.0924. The summed E-state index contributed by atoms with van der Waals surface area (Å²) in [6, 6.07) is 0. The molecule has 3 heteroatoms. The zero-order chi connectivity index (χ0) is 9.82. The van der Waals surface area contributed by atoms with Gasteiger partial charge in [-0.05, 0) is 0 Å². The maximum Gasteiger partial charge on any atom is 0.507 e. The summed E-state index contributed by atoms with van der Waals surface area (Å²) in [5.41, 5.74) is 0. The van der Waals surface area contributed by atoms with E-state index in [-0.39, 0.29) is 0 Å². The molecule has 0 aliphatic rings. The molecule has 0 aliphatic heterocycles. The molecule has 0 aromatic carbocycles. The minimum atomic E-state index is -0.657. The van der Waals surface area contributed by atoms with Gasteiger partial charge >= 0.3 is 6.16 Å². The van der Waals surface area contributed by atoms with Gasteiger partial charge in [-0.2, -0.15) is 0 Å². The van der Waals surface area contributed by atoms with Crippen LogP contribution in [0.15, 0.2) is 0 Å². The van der Waals surface area contributed by atoms with Crippen LogP contribution in [0.4, 0.5) is 4.79 Å². The molecule has 0 aromatic heterocycles. The molecular formula is C9H20O3. The number of carbonyl (C=O) groups is 1. The number of carbonyl (C=O) groups excluding carboxylic acids is 1. The molecule has 0 aromatic rings. The van der Waals surface area contributed by atoms with Gasteiger partial charge in [-0.15, -0.1) is 0 Å². The van der Waals surface area contributed by atoms with Gasteiger partial charge in [0.15, 0.2) is 0 Å². The van der Waals surface area contributed by atoms with Gasteiger partial charge in [-0.25, -0.2) is 4.79 Å². The zero-order valence-electron chi connectivity index (χ0n) is 8.55. The van der Waals surface area contributed by atoms with Crippen molar-refractivity contribution in [2.75, 3.05) is 14.2 Å². The van der Waals surface area contributed by atoms with Crippen molar-refractivity contribution < 1.29 is 14.3 Å². The summed E-state index contributed by atoms with van der Waals surface area (Å²) in [5, 5.41) is 0. The molecule has 0 heterocycles. The molecule has 0 aliphatic carbocycles. The Kier molecular flexibility index (Phi) is 14.9. The lowest BCUT2D eigenvalue weighted by Crippen LogP contribution is -1.97. The molecule has 12 heavy (non-hydrogen) atoms. The number of rotatable bonds is 3. The number of unbranched alkanes of at least 4 members (excludes halogenated alkanes) is 3. The van der Waals surface area contributed by atoms with Crippen molar-refractivity contribution in [3.8, 4) is 0 Å². The fraction of sp³-hybridized carbons (Fsp3) is 0.889. The number of ether oxygens (including phenoxy) is 2. The first-order valence-electron chi connectivity index (χ1n) is 4.34. The second-order valence-corrected chi connectivity index (χ2v) is 2.37. The molecule has 74 valence electrons. The summed E-state index contributed by atoms with van der Waals surface area (Å²) in [7, 11) is 2.51. The van der Waals surface area contributed by atoms with Gasteiger partial charge in [0, 0.05) is 0 Å². The highest BCUT2D eigenvalue weighted by Crippen LogP contribution is 1.95. The van der Waals surface area contributed by atoms with E-state index in [1.54, 1.807) is 0 Å². The van der Waals surface area contributed by atoms with Gasteiger partial charge in [-0.3, -0.25) is 0 Å². The average Bonchev–Trinajstić information content (AvgIpc) is 2.14. The third-order valence-electron chi connectivity index (χ3n) is 1.29. The first kappa shape index (κ1) is 13.8. The van der Waals surface area contributed by atoms with Crippen LogP contribution >= 0.6 is 0 Å². The maximum absolute atomic E-state index is 9.74. The van der Waals surface area contributed by atoms with Crippen LogP contribution in [0, 0.1) is 0 Å². The van der Waals surface area contributed by atoms with E-state index in [9.17, 15) is 4.79 Å². The Bertz CT molecular complexity index is 81.8. The Morgan fingerprint density at radius 2 is 1.33 bits per heavy atom. The van der Waals surface area contributed by atoms with Gasteiger partial charge < -0.3 is 9.47 Å². The van der Waals surface area contributed by atoms with Gasteiger partial charge in [0.1, 0.15) is 0 Å². The third-order valence-corrected chi connectivity index (χ3v) is 1.29. The van der Waals surface area contributed by atoms with Crippen molar-refractivity contribution >= 4 is 6.16 Å². The van der Waals surface area contributed by atoms with Crippen LogP contribution in [-0.2, 0) is 9.47 Å². The van der Waals surface area contributed by atoms with E-state index in [2.05, 4.69) is 23.3 Å². The van der Waals surface area contributed by atoms with Gasteiger partial charge in [0.05, 0.1) is 14.2 Å². The van der Waals surface area contributed by atoms with Gasteiger partial charge in [0.25, 0.3) is 0 Å². The number of methoxy groups -OCH3 is 2. The molecule has 0 amide bonds. The van der Waals surface area contributed by atoms with Crippen molar-refractivity contribution in [2.45, 2.75) is 39.5 Å². The second-order valence-electron chi connectivity index (χ2n) is 2.37. The first-order chi connectivity index (χ1) is 5.72. The highest BCUT2D eigenvalue weighted by Gasteiger charge is 1.88. The van der Waals surface area contributed by atoms with Crippen LogP contribution in [0.2, 0.25) is 0 Å². The van der Waals surface area contributed by atoms with Crippen LogP contribution < -0.4 is 0 Å². The molecule has 0 radical (unpaired) electrons. The van der Waals surface area contributed by atoms with E-state index in [0.29, 0.717) is 0 Å². The van der Waals surface area contributed by atoms with Crippen LogP contribution in [0.1, 0.15) is 39.5 Å². The Morgan fingerprint density at radius 3 is 1.42 bits per heavy atom. The zero-order valence-corrected chi connectivity index (χ0v) is 8.55. The summed E-state index contributed by atoms with van der Waals surface area (Å²) in [6.07, 6.45) is 4.88. The quantitative estimate of drug-likeness (QED) is 0.490. The van der Waals surface area contributed by atoms with Crippen molar-refractivity contribution in [1.29, 1.82) is 0 Å². The molecule has 0 saturated heterocycles. The Labute approximate surface area is 75.1 Å². The van der Waals surface area contributed by atoms with E-state index in [1.165, 1.54) is 39.9 Å². The lowest BCUT2D eigenvalue weighted by atomic mass is 10.2. The molecule has 0 N–H and O–H groups in total. The van der Waals surface area contributed by atoms with Crippen molar-refractivity contribution in [3.63, 3.8) is 0 Å². The average molecular weight is 176 g/mol. The normalized spacial score (nSPS) is 8.00. The summed E-state index contributed by atoms with van der Waals surface area (Å²) in [6.45, 7) is 4.46. The van der Waals surface area contributed by atoms with E-state index in [1.807, 2.05) is 0 Å². The monoisotopic (exact) mass is 176 g/mol. The standard InChI is InChI=1S/C6H14.C3H6O3/c1-3-5-6-4-2;1-5-3(4)6-2/h3-6H2,1-2H3;1-2H3. The first-order valence-corrected chi connectivity index (χ1v) is 4.34. The van der Waals surface area contributed by atoms with E-state index >= 15 is 0 Å². The molecular weight excluding hydrogens is 156 g/mol. The number of hydrogen-bond donors (Lipinski definition) is 0. The van der Waals surface area contributed by atoms with Crippen molar-refractivity contribution in [2.24, 2.45) is 0 Å². The minimum absolute atomic E-state index is 0.657. The van der Waals surface area contributed by atoms with Crippen LogP contribution in [0.3, 0.4) is 0 Å². The second kappa shape index (κ2) is 12.9. The molecule has 0 spiro atoms. The smallest absolute Gasteiger partial charge is 0.438 e. The molecule has 3 nitrogen and oxygen atoms in total. The van der Waals surface area contributed by atoms with Crippen molar-refractivity contribution in [1.82, 2.24) is 0 Å². The highest BCUT2D eigenvalue weighted by molar-refractivity contribution is 5.59. The summed E-state index contributed by atoms with van der Waals surface area (Å²) >= 11 is 0. The lowest BCUT2D eigenvalue weighted by Gasteiger charge is -1.89. The highest BCUT2D eigenvalue weighted by atomic mass is 16.7. The topological polar surface area (TPSA) is 35.5 Å². The third kappa shape index (κ3) is 16.1. The van der Waals surface area contributed by atoms with Crippen LogP contribution in [-0.4, -0.2) is 20.4 Å². The fourth-order valence-electron chi connectivity index (χ4n) is 0.583. The van der Waals surface area contributed by atoms with Gasteiger partial charge in [0.2, 0.25) is 0 Å². The summed E-state index contributed by atoms with van der Waals surface area (Å²) in [5.74, 6) is 0. The van der Waals surface area contributed by atoms with E-state index in [4.69, 9.17) is 0 Å². The summed E-state index contributed by atoms with van der Waals surface area (Å²) in [4.78, 5) is 9.74. The maximum atomic E-state index is 9.74. The largest absolute Gasteiger partial charge is 0.507 e. The van der Waals surface area contributed by atoms with E-state index < -0.39 is 6.16 Å². The molecule has 0 atom stereocenters. The number of hydrogen-bond acceptors (Lipinski definition) is 3. The van der Waals surface area contributed by atoms with Crippen LogP contribution in [0.25, 0.3) is 0 Å². The Balaban J connectivity index is 0.